The number of ether oxygens (including phenoxy) is 4. The van der Waals surface area contributed by atoms with Crippen LogP contribution in [0.4, 0.5) is 10.6 Å². The molecule has 0 aliphatic carbocycles. The number of amides is 1. The molecule has 1 aliphatic heterocycles. The Morgan fingerprint density at radius 2 is 1.79 bits per heavy atom. The first-order chi connectivity index (χ1) is 22.8. The van der Waals surface area contributed by atoms with Crippen LogP contribution in [0, 0.1) is 5.92 Å². The van der Waals surface area contributed by atoms with Crippen molar-refractivity contribution in [2.45, 2.75) is 90.3 Å². The van der Waals surface area contributed by atoms with Crippen molar-refractivity contribution < 1.29 is 33.7 Å². The van der Waals surface area contributed by atoms with E-state index in [1.54, 1.807) is 20.0 Å². The highest BCUT2D eigenvalue weighted by molar-refractivity contribution is 5.87. The topological polar surface area (TPSA) is 197 Å². The average Bonchev–Trinajstić information content (AvgIpc) is 3.60. The normalized spacial score (nSPS) is 20.2. The van der Waals surface area contributed by atoms with Gasteiger partial charge in [0.05, 0.1) is 23.1 Å². The second-order valence-corrected chi connectivity index (χ2v) is 11.7. The van der Waals surface area contributed by atoms with E-state index in [9.17, 15) is 14.8 Å². The lowest BCUT2D eigenvalue weighted by Gasteiger charge is -2.27. The Hall–Kier alpha value is -4.27. The van der Waals surface area contributed by atoms with Crippen LogP contribution in [0.3, 0.4) is 0 Å². The number of nitrogens with one attached hydrogen (secondary N) is 2. The maximum Gasteiger partial charge on any atom is 0.408 e. The first-order valence-corrected chi connectivity index (χ1v) is 16.0. The molecule has 1 unspecified atom stereocenters. The predicted octanol–water partition coefficient (Wildman–Crippen LogP) is 5.88. The molecule has 1 saturated heterocycles. The molecule has 0 radical (unpaired) electrons. The van der Waals surface area contributed by atoms with Gasteiger partial charge in [-0.1, -0.05) is 70.9 Å². The Morgan fingerprint density at radius 1 is 1.09 bits per heavy atom. The number of hydrogen-bond donors (Lipinski definition) is 3. The van der Waals surface area contributed by atoms with Crippen LogP contribution in [0.5, 0.6) is 0 Å². The second kappa shape index (κ2) is 17.6. The van der Waals surface area contributed by atoms with Gasteiger partial charge in [0.25, 0.3) is 0 Å². The summed E-state index contributed by atoms with van der Waals surface area (Å²) in [5.74, 6) is -0.875. The van der Waals surface area contributed by atoms with Crippen molar-refractivity contribution in [2.24, 2.45) is 11.0 Å². The van der Waals surface area contributed by atoms with Crippen molar-refractivity contribution in [1.29, 1.82) is 0 Å². The number of azide groups is 1. The third kappa shape index (κ3) is 8.96. The fourth-order valence-corrected chi connectivity index (χ4v) is 5.45. The van der Waals surface area contributed by atoms with Crippen molar-refractivity contribution in [3.8, 4) is 0 Å². The van der Waals surface area contributed by atoms with E-state index in [1.807, 2.05) is 37.3 Å². The molecule has 3 heterocycles. The lowest BCUT2D eigenvalue weighted by molar-refractivity contribution is -0.174. The SMILES string of the molecule is CCCCO[C@@H]1[C@H](OCCCC)[C@@H](COC(=O)C(NC(=O)OCc2ccccc2)C(C)C)N(O)[C@H]1c1c[nH]c2c(N=[N+]=[N-])ncnc12. The van der Waals surface area contributed by atoms with Gasteiger partial charge in [0.1, 0.15) is 37.8 Å². The molecule has 47 heavy (non-hydrogen) atoms. The standard InChI is InChI=1S/C32H44N8O7/c1-5-7-14-44-28-23(18-46-31(41)24(20(3)4)37-32(42)47-17-21-12-10-9-11-13-21)40(43)27(29(28)45-15-8-6-2)22-16-34-26-25(22)35-19-36-30(26)38-39-33/h9-13,16,19-20,23-24,27-29,34,43H,5-8,14-15,17-18H2,1-4H3,(H,37,42)/t23-,24?,27+,28-,29+/m1/s1. The maximum atomic E-state index is 13.4. The molecule has 4 rings (SSSR count). The van der Waals surface area contributed by atoms with Gasteiger partial charge in [0.2, 0.25) is 0 Å². The van der Waals surface area contributed by atoms with E-state index in [2.05, 4.69) is 37.2 Å². The molecule has 1 amide bonds. The van der Waals surface area contributed by atoms with Crippen molar-refractivity contribution in [2.75, 3.05) is 19.8 Å². The number of hydrogen-bond acceptors (Lipinski definition) is 11. The molecule has 1 aliphatic rings. The van der Waals surface area contributed by atoms with E-state index in [0.717, 1.165) is 36.3 Å². The summed E-state index contributed by atoms with van der Waals surface area (Å²) in [5.41, 5.74) is 11.2. The van der Waals surface area contributed by atoms with Gasteiger partial charge in [-0.2, -0.15) is 5.06 Å². The fourth-order valence-electron chi connectivity index (χ4n) is 5.45. The molecular weight excluding hydrogens is 608 g/mol. The zero-order valence-corrected chi connectivity index (χ0v) is 27.2. The van der Waals surface area contributed by atoms with E-state index in [-0.39, 0.29) is 24.9 Å². The summed E-state index contributed by atoms with van der Waals surface area (Å²) in [4.78, 5) is 40.3. The molecule has 0 bridgehead atoms. The minimum absolute atomic E-state index is 0.0504. The number of aromatic amines is 1. The van der Waals surface area contributed by atoms with Crippen LogP contribution >= 0.6 is 0 Å². The Kier molecular flexibility index (Phi) is 13.3. The third-order valence-electron chi connectivity index (χ3n) is 7.99. The number of carbonyl (C=O) groups excluding carboxylic acids is 2. The number of H-pyrrole nitrogens is 1. The largest absolute Gasteiger partial charge is 0.462 e. The summed E-state index contributed by atoms with van der Waals surface area (Å²) in [6.45, 7) is 8.28. The number of fused-ring (bicyclic) bond motifs is 1. The van der Waals surface area contributed by atoms with E-state index in [1.165, 1.54) is 6.33 Å². The summed E-state index contributed by atoms with van der Waals surface area (Å²) in [6, 6.07) is 6.61. The number of alkyl carbamates (subject to hydrolysis) is 1. The summed E-state index contributed by atoms with van der Waals surface area (Å²) < 4.78 is 23.8. The van der Waals surface area contributed by atoms with Gasteiger partial charge >= 0.3 is 12.1 Å². The number of unbranched alkanes of at least 4 members (excludes halogenated alkanes) is 2. The molecular formula is C32H44N8O7. The Bertz CT molecular complexity index is 1500. The summed E-state index contributed by atoms with van der Waals surface area (Å²) >= 11 is 0. The molecule has 15 heteroatoms. The number of esters is 1. The van der Waals surface area contributed by atoms with Gasteiger partial charge in [-0.15, -0.1) is 0 Å². The Morgan fingerprint density at radius 3 is 2.45 bits per heavy atom. The quantitative estimate of drug-likeness (QED) is 0.0520. The molecule has 254 valence electrons. The highest BCUT2D eigenvalue weighted by Gasteiger charge is 2.52. The molecule has 2 aromatic heterocycles. The van der Waals surface area contributed by atoms with E-state index in [0.29, 0.717) is 29.8 Å². The second-order valence-electron chi connectivity index (χ2n) is 11.7. The van der Waals surface area contributed by atoms with Crippen LogP contribution in [0.15, 0.2) is 48.0 Å². The number of nitrogens with zero attached hydrogens (tertiary/aromatic N) is 6. The van der Waals surface area contributed by atoms with Gasteiger partial charge in [0.15, 0.2) is 5.82 Å². The van der Waals surface area contributed by atoms with Crippen LogP contribution in [0.25, 0.3) is 21.5 Å². The highest BCUT2D eigenvalue weighted by atomic mass is 16.6. The van der Waals surface area contributed by atoms with Crippen LogP contribution in [-0.2, 0) is 30.3 Å². The lowest BCUT2D eigenvalue weighted by Crippen LogP contribution is -2.47. The molecule has 5 atom stereocenters. The van der Waals surface area contributed by atoms with Crippen molar-refractivity contribution in [1.82, 2.24) is 25.3 Å². The molecule has 0 spiro atoms. The van der Waals surface area contributed by atoms with E-state index < -0.39 is 42.4 Å². The first kappa shape index (κ1) is 35.6. The number of benzene rings is 1. The Balaban J connectivity index is 1.56. The molecule has 15 nitrogen and oxygen atoms in total. The number of carbonyl (C=O) groups is 2. The van der Waals surface area contributed by atoms with E-state index in [4.69, 9.17) is 24.5 Å². The maximum absolute atomic E-state index is 13.4. The molecule has 0 saturated carbocycles. The predicted molar refractivity (Wildman–Crippen MR) is 171 cm³/mol. The van der Waals surface area contributed by atoms with Crippen LogP contribution in [0.1, 0.15) is 70.5 Å². The summed E-state index contributed by atoms with van der Waals surface area (Å²) in [6.07, 6.45) is 4.20. The first-order valence-electron chi connectivity index (χ1n) is 16.0. The monoisotopic (exact) mass is 652 g/mol. The molecule has 3 aromatic rings. The third-order valence-corrected chi connectivity index (χ3v) is 7.99. The van der Waals surface area contributed by atoms with Gasteiger partial charge in [-0.3, -0.25) is 0 Å². The smallest absolute Gasteiger partial charge is 0.408 e. The number of rotatable bonds is 17. The minimum Gasteiger partial charge on any atom is -0.462 e. The zero-order chi connectivity index (χ0) is 33.8. The lowest BCUT2D eigenvalue weighted by atomic mass is 10.0. The number of aromatic nitrogens is 3. The van der Waals surface area contributed by atoms with Crippen LogP contribution < -0.4 is 5.32 Å². The Labute approximate surface area is 273 Å². The molecule has 1 aromatic carbocycles. The van der Waals surface area contributed by atoms with Gasteiger partial charge in [-0.25, -0.2) is 19.6 Å². The zero-order valence-electron chi connectivity index (χ0n) is 27.2. The summed E-state index contributed by atoms with van der Waals surface area (Å²) in [5, 5.41) is 19.1. The minimum atomic E-state index is -0.997. The van der Waals surface area contributed by atoms with Crippen molar-refractivity contribution >= 4 is 28.9 Å². The highest BCUT2D eigenvalue weighted by Crippen LogP contribution is 2.42. The summed E-state index contributed by atoms with van der Waals surface area (Å²) in [7, 11) is 0. The molecule has 3 N–H and O–H groups in total. The molecule has 1 fully saturated rings. The van der Waals surface area contributed by atoms with E-state index >= 15 is 0 Å². The fraction of sp³-hybridized carbons (Fsp3) is 0.562. The van der Waals surface area contributed by atoms with Crippen molar-refractivity contribution in [3.05, 3.63) is 64.4 Å². The van der Waals surface area contributed by atoms with Gasteiger partial charge in [0, 0.05) is 29.9 Å². The number of hydroxylamine groups is 2. The van der Waals surface area contributed by atoms with Crippen molar-refractivity contribution in [3.63, 3.8) is 0 Å². The van der Waals surface area contributed by atoms with Crippen LogP contribution in [0.2, 0.25) is 0 Å². The van der Waals surface area contributed by atoms with Gasteiger partial charge in [-0.05, 0) is 35.0 Å². The van der Waals surface area contributed by atoms with Gasteiger partial charge < -0.3 is 34.5 Å². The van der Waals surface area contributed by atoms with Crippen LogP contribution in [-0.4, -0.2) is 81.4 Å². The average molecular weight is 653 g/mol.